The second kappa shape index (κ2) is 10.5. The maximum atomic E-state index is 13.2. The van der Waals surface area contributed by atoms with Crippen molar-refractivity contribution in [1.82, 2.24) is 14.1 Å². The molecule has 33 heavy (non-hydrogen) atoms. The van der Waals surface area contributed by atoms with E-state index in [0.29, 0.717) is 31.0 Å². The van der Waals surface area contributed by atoms with Crippen molar-refractivity contribution in [3.8, 4) is 0 Å². The van der Waals surface area contributed by atoms with Crippen LogP contribution in [0.25, 0.3) is 0 Å². The van der Waals surface area contributed by atoms with Gasteiger partial charge in [-0.2, -0.15) is 4.31 Å². The standard InChI is InChI=1S/C24H36N4O4S/c1-2-11-25-15-17-27(18-16-25)33(31,32)21-6-7-22-20(19-21)10-14-28(22)24(30)9-8-23(29)26-12-4-3-5-13-26/h6-7,19H,2-5,8-18H2,1H3. The fourth-order valence-electron chi connectivity index (χ4n) is 5.11. The van der Waals surface area contributed by atoms with E-state index >= 15 is 0 Å². The summed E-state index contributed by atoms with van der Waals surface area (Å²) >= 11 is 0. The molecule has 0 N–H and O–H groups in total. The molecule has 3 heterocycles. The molecule has 9 heteroatoms. The SMILES string of the molecule is CCCN1CCN(S(=O)(=O)c2ccc3c(c2)CCN3C(=O)CCC(=O)N2CCCCC2)CC1. The van der Waals surface area contributed by atoms with Crippen LogP contribution >= 0.6 is 0 Å². The van der Waals surface area contributed by atoms with Gasteiger partial charge in [-0.05, 0) is 62.4 Å². The third kappa shape index (κ3) is 5.41. The molecule has 2 saturated heterocycles. The molecule has 3 aliphatic rings. The number of fused-ring (bicyclic) bond motifs is 1. The average Bonchev–Trinajstić information content (AvgIpc) is 3.27. The molecule has 1 aromatic rings. The summed E-state index contributed by atoms with van der Waals surface area (Å²) in [5.41, 5.74) is 1.66. The molecule has 0 aliphatic carbocycles. The van der Waals surface area contributed by atoms with E-state index < -0.39 is 10.0 Å². The molecule has 2 fully saturated rings. The Morgan fingerprint density at radius 3 is 2.27 bits per heavy atom. The topological polar surface area (TPSA) is 81.2 Å². The number of benzene rings is 1. The third-order valence-corrected chi connectivity index (χ3v) is 8.91. The van der Waals surface area contributed by atoms with E-state index in [1.807, 2.05) is 4.90 Å². The summed E-state index contributed by atoms with van der Waals surface area (Å²) in [5.74, 6) is -0.00953. The van der Waals surface area contributed by atoms with Gasteiger partial charge in [0.1, 0.15) is 0 Å². The van der Waals surface area contributed by atoms with Crippen molar-refractivity contribution in [1.29, 1.82) is 0 Å². The second-order valence-electron chi connectivity index (χ2n) is 9.27. The smallest absolute Gasteiger partial charge is 0.243 e. The Kier molecular flexibility index (Phi) is 7.71. The number of anilines is 1. The molecule has 0 unspecified atom stereocenters. The molecule has 0 spiro atoms. The van der Waals surface area contributed by atoms with Crippen LogP contribution in [0.5, 0.6) is 0 Å². The number of piperazine rings is 1. The molecule has 0 atom stereocenters. The van der Waals surface area contributed by atoms with Gasteiger partial charge in [-0.25, -0.2) is 8.42 Å². The fraction of sp³-hybridized carbons (Fsp3) is 0.667. The summed E-state index contributed by atoms with van der Waals surface area (Å²) in [4.78, 5) is 31.4. The van der Waals surface area contributed by atoms with Crippen molar-refractivity contribution in [2.75, 3.05) is 57.3 Å². The molecular formula is C24H36N4O4S. The third-order valence-electron chi connectivity index (χ3n) is 7.02. The first-order valence-corrected chi connectivity index (χ1v) is 13.8. The summed E-state index contributed by atoms with van der Waals surface area (Å²) in [5, 5.41) is 0. The second-order valence-corrected chi connectivity index (χ2v) is 11.2. The number of piperidine rings is 1. The summed E-state index contributed by atoms with van der Waals surface area (Å²) in [6.07, 6.45) is 5.38. The number of rotatable bonds is 7. The van der Waals surface area contributed by atoms with Gasteiger partial charge in [-0.15, -0.1) is 0 Å². The number of likely N-dealkylation sites (tertiary alicyclic amines) is 1. The summed E-state index contributed by atoms with van der Waals surface area (Å²) < 4.78 is 27.9. The van der Waals surface area contributed by atoms with E-state index in [0.717, 1.165) is 63.2 Å². The predicted molar refractivity (Wildman–Crippen MR) is 128 cm³/mol. The van der Waals surface area contributed by atoms with Gasteiger partial charge in [0, 0.05) is 64.3 Å². The predicted octanol–water partition coefficient (Wildman–Crippen LogP) is 2.08. The largest absolute Gasteiger partial charge is 0.343 e. The average molecular weight is 477 g/mol. The van der Waals surface area contributed by atoms with Gasteiger partial charge < -0.3 is 14.7 Å². The van der Waals surface area contributed by atoms with Gasteiger partial charge in [0.25, 0.3) is 0 Å². The molecule has 1 aromatic carbocycles. The molecule has 0 radical (unpaired) electrons. The van der Waals surface area contributed by atoms with Crippen LogP contribution in [0.3, 0.4) is 0 Å². The van der Waals surface area contributed by atoms with Crippen LogP contribution < -0.4 is 4.90 Å². The Balaban J connectivity index is 1.37. The molecule has 2 amide bonds. The van der Waals surface area contributed by atoms with E-state index in [-0.39, 0.29) is 24.7 Å². The van der Waals surface area contributed by atoms with Crippen LogP contribution in [-0.2, 0) is 26.0 Å². The molecule has 8 nitrogen and oxygen atoms in total. The minimum Gasteiger partial charge on any atom is -0.343 e. The summed E-state index contributed by atoms with van der Waals surface area (Å²) in [7, 11) is -3.54. The van der Waals surface area contributed by atoms with Crippen molar-refractivity contribution in [3.05, 3.63) is 23.8 Å². The molecule has 0 bridgehead atoms. The number of sulfonamides is 1. The van der Waals surface area contributed by atoms with Gasteiger partial charge in [-0.3, -0.25) is 9.59 Å². The zero-order valence-corrected chi connectivity index (χ0v) is 20.5. The van der Waals surface area contributed by atoms with E-state index in [2.05, 4.69) is 11.8 Å². The maximum Gasteiger partial charge on any atom is 0.243 e. The molecule has 0 saturated carbocycles. The lowest BCUT2D eigenvalue weighted by molar-refractivity contribution is -0.133. The minimum atomic E-state index is -3.54. The lowest BCUT2D eigenvalue weighted by Gasteiger charge is -2.33. The van der Waals surface area contributed by atoms with Crippen molar-refractivity contribution in [2.24, 2.45) is 0 Å². The highest BCUT2D eigenvalue weighted by Crippen LogP contribution is 2.32. The zero-order valence-electron chi connectivity index (χ0n) is 19.7. The van der Waals surface area contributed by atoms with Crippen LogP contribution in [0.15, 0.2) is 23.1 Å². The summed E-state index contributed by atoms with van der Waals surface area (Å²) in [6, 6.07) is 5.11. The Labute approximate surface area is 197 Å². The van der Waals surface area contributed by atoms with Gasteiger partial charge >= 0.3 is 0 Å². The van der Waals surface area contributed by atoms with Crippen molar-refractivity contribution >= 4 is 27.5 Å². The fourth-order valence-corrected chi connectivity index (χ4v) is 6.58. The van der Waals surface area contributed by atoms with Crippen LogP contribution in [0.2, 0.25) is 0 Å². The Hall–Kier alpha value is -1.97. The van der Waals surface area contributed by atoms with Crippen LogP contribution in [0.1, 0.15) is 51.0 Å². The zero-order chi connectivity index (χ0) is 23.4. The monoisotopic (exact) mass is 476 g/mol. The number of hydrogen-bond acceptors (Lipinski definition) is 5. The van der Waals surface area contributed by atoms with Gasteiger partial charge in [0.15, 0.2) is 0 Å². The Bertz CT molecular complexity index is 967. The normalized spacial score (nSPS) is 20.2. The van der Waals surface area contributed by atoms with E-state index in [9.17, 15) is 18.0 Å². The van der Waals surface area contributed by atoms with E-state index in [1.54, 1.807) is 27.4 Å². The molecule has 4 rings (SSSR count). The van der Waals surface area contributed by atoms with Gasteiger partial charge in [0.05, 0.1) is 4.90 Å². The van der Waals surface area contributed by atoms with Gasteiger partial charge in [-0.1, -0.05) is 6.92 Å². The molecule has 3 aliphatic heterocycles. The van der Waals surface area contributed by atoms with Crippen molar-refractivity contribution in [2.45, 2.75) is 56.8 Å². The van der Waals surface area contributed by atoms with Crippen LogP contribution in [-0.4, -0.2) is 86.7 Å². The number of hydrogen-bond donors (Lipinski definition) is 0. The molecule has 182 valence electrons. The first kappa shape index (κ1) is 24.2. The van der Waals surface area contributed by atoms with Gasteiger partial charge in [0.2, 0.25) is 21.8 Å². The number of nitrogens with zero attached hydrogens (tertiary/aromatic N) is 4. The minimum absolute atomic E-state index is 0.0583. The Morgan fingerprint density at radius 2 is 1.58 bits per heavy atom. The highest BCUT2D eigenvalue weighted by Gasteiger charge is 2.31. The van der Waals surface area contributed by atoms with Crippen LogP contribution in [0.4, 0.5) is 5.69 Å². The van der Waals surface area contributed by atoms with Crippen LogP contribution in [0, 0.1) is 0 Å². The first-order chi connectivity index (χ1) is 15.9. The highest BCUT2D eigenvalue weighted by atomic mass is 32.2. The highest BCUT2D eigenvalue weighted by molar-refractivity contribution is 7.89. The number of amides is 2. The molecular weight excluding hydrogens is 440 g/mol. The van der Waals surface area contributed by atoms with Crippen molar-refractivity contribution in [3.63, 3.8) is 0 Å². The number of carbonyl (C=O) groups is 2. The molecule has 0 aromatic heterocycles. The first-order valence-electron chi connectivity index (χ1n) is 12.3. The number of carbonyl (C=O) groups excluding carboxylic acids is 2. The van der Waals surface area contributed by atoms with E-state index in [4.69, 9.17) is 0 Å². The lowest BCUT2D eigenvalue weighted by Crippen LogP contribution is -2.48. The maximum absolute atomic E-state index is 13.2. The Morgan fingerprint density at radius 1 is 0.879 bits per heavy atom. The van der Waals surface area contributed by atoms with E-state index in [1.165, 1.54) is 6.42 Å². The summed E-state index contributed by atoms with van der Waals surface area (Å²) in [6.45, 7) is 7.80. The van der Waals surface area contributed by atoms with Crippen molar-refractivity contribution < 1.29 is 18.0 Å². The quantitative estimate of drug-likeness (QED) is 0.602. The lowest BCUT2D eigenvalue weighted by atomic mass is 10.1.